The molecule has 0 aromatic rings. The molecular weight excluding hydrogens is 595 g/mol. The molecule has 0 aliphatic carbocycles. The Kier molecular flexibility index (Phi) is 98.4. The van der Waals surface area contributed by atoms with Gasteiger partial charge in [-0.15, -0.1) is 0 Å². The summed E-state index contributed by atoms with van der Waals surface area (Å²) in [7, 11) is -10.9. The number of rotatable bonds is 0. The van der Waals surface area contributed by atoms with Gasteiger partial charge in [0.05, 0.1) is 0 Å². The van der Waals surface area contributed by atoms with Crippen molar-refractivity contribution in [3.63, 3.8) is 0 Å². The van der Waals surface area contributed by atoms with E-state index < -0.39 is 27.5 Å². The van der Waals surface area contributed by atoms with Crippen LogP contribution >= 0.6 is 0 Å². The third kappa shape index (κ3) is 257. The molecule has 9 nitrogen and oxygen atoms in total. The summed E-state index contributed by atoms with van der Waals surface area (Å²) in [5.74, 6) is 0. The van der Waals surface area contributed by atoms with E-state index in [9.17, 15) is 0 Å². The summed E-state index contributed by atoms with van der Waals surface area (Å²) >= 11 is 0. The molecule has 2 radical (unpaired) electrons. The maximum atomic E-state index is 8.52. The molecule has 0 N–H and O–H groups in total. The van der Waals surface area contributed by atoms with Crippen molar-refractivity contribution >= 4 is 130 Å². The molecule has 16 heteroatoms. The standard InChI is InChI=1S/2K.2Nd.3O3Si.2H/c;;;;3*1-4(2)3;;/q;;2*+3;3*-2;;. The van der Waals surface area contributed by atoms with Crippen LogP contribution < -0.4 is 28.8 Å². The van der Waals surface area contributed by atoms with Gasteiger partial charge in [-0.05, 0) is 0 Å². The van der Waals surface area contributed by atoms with Gasteiger partial charge in [0.2, 0.25) is 0 Å². The minimum atomic E-state index is -3.63. The van der Waals surface area contributed by atoms with E-state index in [4.69, 9.17) is 42.2 Å². The first-order valence-corrected chi connectivity index (χ1v) is 5.51. The fourth-order valence-electron chi connectivity index (χ4n) is 0. The summed E-state index contributed by atoms with van der Waals surface area (Å²) in [5, 5.41) is 0. The second-order valence-corrected chi connectivity index (χ2v) is 2.25. The van der Waals surface area contributed by atoms with Gasteiger partial charge in [-0.1, -0.05) is 0 Å². The van der Waals surface area contributed by atoms with Gasteiger partial charge in [-0.3, -0.25) is 0 Å². The van der Waals surface area contributed by atoms with Gasteiger partial charge in [-0.25, -0.2) is 0 Å². The van der Waals surface area contributed by atoms with Gasteiger partial charge >= 0.3 is 184 Å². The minimum absolute atomic E-state index is 0. The molecule has 16 heavy (non-hydrogen) atoms. The predicted octanol–water partition coefficient (Wildman–Crippen LogP) is -9.93. The molecule has 0 aliphatic heterocycles. The number of hydrogen-bond acceptors (Lipinski definition) is 9. The Morgan fingerprint density at radius 3 is 0.500 bits per heavy atom. The smallest absolute Gasteiger partial charge is 3.00 e. The average Bonchev–Trinajstić information content (AvgIpc) is 1.54. The van der Waals surface area contributed by atoms with E-state index in [0.717, 1.165) is 0 Å². The van der Waals surface area contributed by atoms with Gasteiger partial charge in [-0.2, -0.15) is 0 Å². The molecule has 0 fully saturated rings. The molecule has 0 unspecified atom stereocenters. The molecule has 0 heterocycles. The molecular formula is H2K2Nd2O9Si3. The van der Waals surface area contributed by atoms with Crippen molar-refractivity contribution in [2.45, 2.75) is 0 Å². The van der Waals surface area contributed by atoms with Crippen molar-refractivity contribution in [3.05, 3.63) is 0 Å². The average molecular weight is 597 g/mol. The summed E-state index contributed by atoms with van der Waals surface area (Å²) in [6, 6.07) is 0. The summed E-state index contributed by atoms with van der Waals surface area (Å²) in [6.07, 6.45) is 0. The third-order valence-corrected chi connectivity index (χ3v) is 0. The van der Waals surface area contributed by atoms with Crippen LogP contribution in [0.4, 0.5) is 0 Å². The van der Waals surface area contributed by atoms with Crippen LogP contribution in [0.3, 0.4) is 0 Å². The van der Waals surface area contributed by atoms with Crippen molar-refractivity contribution in [3.8, 4) is 0 Å². The van der Waals surface area contributed by atoms with Crippen LogP contribution in [0.25, 0.3) is 0 Å². The molecule has 0 bridgehead atoms. The van der Waals surface area contributed by atoms with Crippen molar-refractivity contribution in [1.29, 1.82) is 0 Å². The van der Waals surface area contributed by atoms with Gasteiger partial charge in [0.25, 0.3) is 0 Å². The Morgan fingerprint density at radius 2 is 0.500 bits per heavy atom. The van der Waals surface area contributed by atoms with Crippen LogP contribution in [0.1, 0.15) is 0 Å². The third-order valence-electron chi connectivity index (χ3n) is 0. The topological polar surface area (TPSA) is 190 Å². The molecule has 0 rings (SSSR count). The van der Waals surface area contributed by atoms with Gasteiger partial charge in [0.1, 0.15) is 0 Å². The van der Waals surface area contributed by atoms with Crippen LogP contribution in [0, 0.1) is 81.7 Å². The normalized spacial score (nSPS) is 4.50. The van der Waals surface area contributed by atoms with Crippen LogP contribution in [0.15, 0.2) is 0 Å². The Balaban J connectivity index is -0.0000000135. The second-order valence-electron chi connectivity index (χ2n) is 0.750. The van der Waals surface area contributed by atoms with Crippen LogP contribution in [0.5, 0.6) is 0 Å². The van der Waals surface area contributed by atoms with E-state index in [1.165, 1.54) is 0 Å². The Morgan fingerprint density at radius 1 is 0.500 bits per heavy atom. The summed E-state index contributed by atoms with van der Waals surface area (Å²) in [6.45, 7) is 0. The van der Waals surface area contributed by atoms with E-state index in [1.807, 2.05) is 0 Å². The molecule has 0 atom stereocenters. The van der Waals surface area contributed by atoms with Crippen molar-refractivity contribution in [1.82, 2.24) is 0 Å². The molecule has 0 saturated carbocycles. The molecule has 0 aromatic heterocycles. The van der Waals surface area contributed by atoms with Crippen molar-refractivity contribution < 1.29 is 124 Å². The first-order valence-electron chi connectivity index (χ1n) is 1.84. The maximum Gasteiger partial charge on any atom is 3.00 e. The number of hydrogen-bond donors (Lipinski definition) is 0. The first kappa shape index (κ1) is 42.8. The molecule has 0 saturated heterocycles. The van der Waals surface area contributed by atoms with Crippen LogP contribution in [0.2, 0.25) is 0 Å². The fraction of sp³-hybridized carbons (Fsp3) is 0. The van der Waals surface area contributed by atoms with E-state index in [2.05, 4.69) is 0 Å². The zero-order chi connectivity index (χ0) is 10.7. The van der Waals surface area contributed by atoms with E-state index in [0.29, 0.717) is 0 Å². The fourth-order valence-corrected chi connectivity index (χ4v) is 0. The quantitative estimate of drug-likeness (QED) is 0.244. The van der Waals surface area contributed by atoms with Crippen molar-refractivity contribution in [2.24, 2.45) is 0 Å². The maximum absolute atomic E-state index is 8.52. The van der Waals surface area contributed by atoms with Gasteiger partial charge in [0, 0.05) is 27.5 Å². The molecule has 0 spiro atoms. The summed E-state index contributed by atoms with van der Waals surface area (Å²) in [4.78, 5) is 51.1. The van der Waals surface area contributed by atoms with Crippen molar-refractivity contribution in [2.75, 3.05) is 0 Å². The zero-order valence-corrected chi connectivity index (χ0v) is 15.6. The Hall–Kier alpha value is 4.82. The largest absolute Gasteiger partial charge is 3.00 e. The molecule has 0 aromatic carbocycles. The molecule has 78 valence electrons. The Labute approximate surface area is 246 Å². The second kappa shape index (κ2) is 36.8. The summed E-state index contributed by atoms with van der Waals surface area (Å²) in [5.41, 5.74) is 0. The molecule has 0 aliphatic rings. The first-order chi connectivity index (χ1) is 5.20. The van der Waals surface area contributed by atoms with E-state index in [1.54, 1.807) is 0 Å². The monoisotopic (exact) mass is 592 g/mol. The van der Waals surface area contributed by atoms with Crippen LogP contribution in [-0.4, -0.2) is 130 Å². The van der Waals surface area contributed by atoms with Gasteiger partial charge < -0.3 is 42.2 Å². The SMILES string of the molecule is O=[Si]([O-])[O-].O=[Si]([O-])[O-].O=[Si]([O-])[O-].[KH].[KH].[Nd+3].[Nd+3]. The zero-order valence-electron chi connectivity index (χ0n) is 6.17. The van der Waals surface area contributed by atoms with E-state index >= 15 is 0 Å². The molecule has 0 amide bonds. The van der Waals surface area contributed by atoms with Crippen LogP contribution in [-0.2, 0) is 13.4 Å². The van der Waals surface area contributed by atoms with Gasteiger partial charge in [0.15, 0.2) is 0 Å². The predicted molar refractivity (Wildman–Crippen MR) is 33.6 cm³/mol. The minimum Gasteiger partial charge on any atom is 3.00 e. The Bertz CT molecular complexity index is 124. The van der Waals surface area contributed by atoms with E-state index in [-0.39, 0.29) is 184 Å². The summed E-state index contributed by atoms with van der Waals surface area (Å²) < 4.78 is 25.6.